The van der Waals surface area contributed by atoms with Crippen LogP contribution in [0.25, 0.3) is 0 Å². The zero-order valence-electron chi connectivity index (χ0n) is 6.06. The van der Waals surface area contributed by atoms with Crippen LogP contribution in [0.3, 0.4) is 0 Å². The first-order valence-electron chi connectivity index (χ1n) is 2.71. The summed E-state index contributed by atoms with van der Waals surface area (Å²) in [4.78, 5) is 16.0. The average Bonchev–Trinajstić information content (AvgIpc) is 2.13. The van der Waals surface area contributed by atoms with Crippen LogP contribution >= 0.6 is 0 Å². The lowest BCUT2D eigenvalue weighted by Gasteiger charge is -1.82. The molecule has 3 heteroatoms. The number of hydrogen-bond donors (Lipinski definition) is 1. The van der Waals surface area contributed by atoms with Gasteiger partial charge in [-0.25, -0.2) is 0 Å². The van der Waals surface area contributed by atoms with Crippen molar-refractivity contribution in [2.75, 3.05) is 0 Å². The van der Waals surface area contributed by atoms with E-state index in [-0.39, 0.29) is 0 Å². The molecule has 1 N–H and O–H groups in total. The Balaban J connectivity index is 0. The number of carbonyl (C=O) groups is 2. The van der Waals surface area contributed by atoms with E-state index < -0.39 is 0 Å². The minimum absolute atomic E-state index is 0.322. The highest BCUT2D eigenvalue weighted by molar-refractivity contribution is 5.18. The van der Waals surface area contributed by atoms with Gasteiger partial charge in [-0.1, -0.05) is 18.2 Å². The van der Waals surface area contributed by atoms with E-state index in [1.54, 1.807) is 24.3 Å². The van der Waals surface area contributed by atoms with Gasteiger partial charge in [0.25, 0.3) is 0 Å². The van der Waals surface area contributed by atoms with Crippen molar-refractivity contribution in [3.63, 3.8) is 0 Å². The summed E-state index contributed by atoms with van der Waals surface area (Å²) in [6.45, 7) is 4.00. The third-order valence-electron chi connectivity index (χ3n) is 0.756. The fourth-order valence-corrected chi connectivity index (χ4v) is 0.428. The molecular weight excluding hydrogens is 144 g/mol. The maximum absolute atomic E-state index is 8.63. The van der Waals surface area contributed by atoms with Crippen LogP contribution in [0.1, 0.15) is 0 Å². The first-order valence-corrected chi connectivity index (χ1v) is 2.71. The second-order valence-corrected chi connectivity index (χ2v) is 1.34. The molecule has 60 valence electrons. The molecule has 1 aromatic carbocycles. The van der Waals surface area contributed by atoms with Crippen LogP contribution in [0.5, 0.6) is 5.75 Å². The van der Waals surface area contributed by atoms with Crippen molar-refractivity contribution >= 4 is 13.6 Å². The Morgan fingerprint density at radius 3 is 1.45 bits per heavy atom. The Kier molecular flexibility index (Phi) is 12.3. The molecule has 0 atom stereocenters. The van der Waals surface area contributed by atoms with Gasteiger partial charge in [0.2, 0.25) is 0 Å². The molecule has 0 amide bonds. The standard InChI is InChI=1S/C6H6O.2CH2O/c7-6-4-2-1-3-5-6;2*1-2/h1-5,7H;2*1H2. The fourth-order valence-electron chi connectivity index (χ4n) is 0.428. The van der Waals surface area contributed by atoms with Crippen molar-refractivity contribution in [3.8, 4) is 5.75 Å². The molecule has 0 saturated heterocycles. The highest BCUT2D eigenvalue weighted by Gasteiger charge is 1.74. The molecule has 3 nitrogen and oxygen atoms in total. The second kappa shape index (κ2) is 11.2. The lowest BCUT2D eigenvalue weighted by molar-refractivity contribution is -0.0987. The van der Waals surface area contributed by atoms with E-state index in [1.165, 1.54) is 0 Å². The van der Waals surface area contributed by atoms with Crippen LogP contribution in [0.15, 0.2) is 30.3 Å². The van der Waals surface area contributed by atoms with E-state index in [9.17, 15) is 0 Å². The lowest BCUT2D eigenvalue weighted by atomic mass is 10.3. The van der Waals surface area contributed by atoms with Crippen molar-refractivity contribution < 1.29 is 14.7 Å². The van der Waals surface area contributed by atoms with Gasteiger partial charge in [-0.2, -0.15) is 0 Å². The van der Waals surface area contributed by atoms with E-state index >= 15 is 0 Å². The third-order valence-corrected chi connectivity index (χ3v) is 0.756. The summed E-state index contributed by atoms with van der Waals surface area (Å²) in [5.74, 6) is 0.322. The molecule has 0 fully saturated rings. The molecule has 0 bridgehead atoms. The maximum Gasteiger partial charge on any atom is 0.115 e. The van der Waals surface area contributed by atoms with Crippen LogP contribution in [-0.4, -0.2) is 18.7 Å². The molecule has 0 saturated carbocycles. The van der Waals surface area contributed by atoms with Gasteiger partial charge in [0.15, 0.2) is 0 Å². The highest BCUT2D eigenvalue weighted by atomic mass is 16.3. The zero-order chi connectivity index (χ0) is 9.11. The Bertz CT molecular complexity index is 160. The van der Waals surface area contributed by atoms with E-state index in [0.29, 0.717) is 5.75 Å². The number of rotatable bonds is 0. The SMILES string of the molecule is C=O.C=O.Oc1ccccc1. The first-order chi connectivity index (χ1) is 5.39. The summed E-state index contributed by atoms with van der Waals surface area (Å²) in [5.41, 5.74) is 0. The fraction of sp³-hybridized carbons (Fsp3) is 0. The van der Waals surface area contributed by atoms with Crippen molar-refractivity contribution in [2.24, 2.45) is 0 Å². The van der Waals surface area contributed by atoms with Gasteiger partial charge in [-0.3, -0.25) is 0 Å². The Labute approximate surface area is 65.3 Å². The van der Waals surface area contributed by atoms with Crippen molar-refractivity contribution in [3.05, 3.63) is 30.3 Å². The predicted octanol–water partition coefficient (Wildman–Crippen LogP) is 1.02. The number of phenolic OH excluding ortho intramolecular Hbond substituents is 1. The van der Waals surface area contributed by atoms with Crippen molar-refractivity contribution in [1.29, 1.82) is 0 Å². The van der Waals surface area contributed by atoms with Gasteiger partial charge in [-0.15, -0.1) is 0 Å². The van der Waals surface area contributed by atoms with Gasteiger partial charge in [0.1, 0.15) is 19.3 Å². The van der Waals surface area contributed by atoms with E-state index in [1.807, 2.05) is 19.6 Å². The molecule has 0 aliphatic carbocycles. The predicted molar refractivity (Wildman–Crippen MR) is 42.3 cm³/mol. The number of benzene rings is 1. The Morgan fingerprint density at radius 2 is 1.27 bits per heavy atom. The minimum Gasteiger partial charge on any atom is -0.508 e. The molecule has 0 aromatic heterocycles. The van der Waals surface area contributed by atoms with Crippen LogP contribution < -0.4 is 0 Å². The Hall–Kier alpha value is -1.64. The second-order valence-electron chi connectivity index (χ2n) is 1.34. The maximum atomic E-state index is 8.63. The number of phenols is 1. The summed E-state index contributed by atoms with van der Waals surface area (Å²) in [6.07, 6.45) is 0. The van der Waals surface area contributed by atoms with Gasteiger partial charge in [-0.05, 0) is 12.1 Å². The zero-order valence-corrected chi connectivity index (χ0v) is 6.06. The summed E-state index contributed by atoms with van der Waals surface area (Å²) in [7, 11) is 0. The largest absolute Gasteiger partial charge is 0.508 e. The van der Waals surface area contributed by atoms with Crippen molar-refractivity contribution in [1.82, 2.24) is 0 Å². The number of para-hydroxylation sites is 1. The molecular formula is C8H10O3. The van der Waals surface area contributed by atoms with Crippen LogP contribution in [0.2, 0.25) is 0 Å². The van der Waals surface area contributed by atoms with Crippen molar-refractivity contribution in [2.45, 2.75) is 0 Å². The molecule has 1 aromatic rings. The topological polar surface area (TPSA) is 54.4 Å². The molecule has 0 unspecified atom stereocenters. The first kappa shape index (κ1) is 12.1. The molecule has 0 heterocycles. The van der Waals surface area contributed by atoms with Crippen LogP contribution in [0, 0.1) is 0 Å². The smallest absolute Gasteiger partial charge is 0.115 e. The number of carbonyl (C=O) groups excluding carboxylic acids is 2. The summed E-state index contributed by atoms with van der Waals surface area (Å²) >= 11 is 0. The van der Waals surface area contributed by atoms with Gasteiger partial charge in [0.05, 0.1) is 0 Å². The molecule has 0 aliphatic heterocycles. The van der Waals surface area contributed by atoms with E-state index in [0.717, 1.165) is 0 Å². The summed E-state index contributed by atoms with van der Waals surface area (Å²) in [5, 5.41) is 8.63. The molecule has 0 spiro atoms. The third kappa shape index (κ3) is 8.36. The number of aromatic hydroxyl groups is 1. The summed E-state index contributed by atoms with van der Waals surface area (Å²) in [6, 6.07) is 8.71. The van der Waals surface area contributed by atoms with Crippen LogP contribution in [-0.2, 0) is 9.59 Å². The van der Waals surface area contributed by atoms with Gasteiger partial charge in [0, 0.05) is 0 Å². The normalized spacial score (nSPS) is 6.18. The molecule has 1 rings (SSSR count). The monoisotopic (exact) mass is 154 g/mol. The average molecular weight is 154 g/mol. The lowest BCUT2D eigenvalue weighted by Crippen LogP contribution is -1.56. The van der Waals surface area contributed by atoms with Crippen LogP contribution in [0.4, 0.5) is 0 Å². The number of hydrogen-bond acceptors (Lipinski definition) is 3. The molecule has 11 heavy (non-hydrogen) atoms. The van der Waals surface area contributed by atoms with Gasteiger partial charge < -0.3 is 14.7 Å². The van der Waals surface area contributed by atoms with E-state index in [2.05, 4.69) is 0 Å². The van der Waals surface area contributed by atoms with E-state index in [4.69, 9.17) is 14.7 Å². The molecule has 0 aliphatic rings. The summed E-state index contributed by atoms with van der Waals surface area (Å²) < 4.78 is 0. The van der Waals surface area contributed by atoms with Gasteiger partial charge >= 0.3 is 0 Å². The minimum atomic E-state index is 0.322. The highest BCUT2D eigenvalue weighted by Crippen LogP contribution is 2.02. The molecule has 0 radical (unpaired) electrons. The quantitative estimate of drug-likeness (QED) is 0.607. The Morgan fingerprint density at radius 1 is 0.909 bits per heavy atom.